The lowest BCUT2D eigenvalue weighted by molar-refractivity contribution is -0.900. The number of piperazine rings is 1. The molecule has 1 atom stereocenters. The van der Waals surface area contributed by atoms with E-state index in [1.165, 1.54) is 10.6 Å². The molecule has 7 heteroatoms. The van der Waals surface area contributed by atoms with Crippen molar-refractivity contribution in [2.75, 3.05) is 56.4 Å². The molecule has 0 saturated carbocycles. The number of anilines is 2. The molecule has 3 heterocycles. The van der Waals surface area contributed by atoms with Crippen molar-refractivity contribution in [3.05, 3.63) is 24.3 Å². The third kappa shape index (κ3) is 3.74. The summed E-state index contributed by atoms with van der Waals surface area (Å²) in [7, 11) is 0. The minimum absolute atomic E-state index is 0.0296. The number of benzene rings is 1. The van der Waals surface area contributed by atoms with E-state index in [1.807, 2.05) is 12.1 Å². The van der Waals surface area contributed by atoms with Gasteiger partial charge in [0.1, 0.15) is 6.04 Å². The number of hydrogen-bond acceptors (Lipinski definition) is 4. The molecular weight excluding hydrogens is 342 g/mol. The van der Waals surface area contributed by atoms with Crippen LogP contribution in [-0.2, 0) is 4.79 Å². The van der Waals surface area contributed by atoms with E-state index in [9.17, 15) is 9.59 Å². The first-order chi connectivity index (χ1) is 13.1. The van der Waals surface area contributed by atoms with Gasteiger partial charge in [0.15, 0.2) is 0 Å². The summed E-state index contributed by atoms with van der Waals surface area (Å²) in [5, 5.41) is 0. The fourth-order valence-corrected chi connectivity index (χ4v) is 4.55. The van der Waals surface area contributed by atoms with Crippen LogP contribution in [0.15, 0.2) is 24.3 Å². The van der Waals surface area contributed by atoms with Gasteiger partial charge in [-0.3, -0.25) is 9.69 Å². The zero-order chi connectivity index (χ0) is 18.8. The number of rotatable bonds is 6. The van der Waals surface area contributed by atoms with Crippen LogP contribution < -0.4 is 15.5 Å². The largest absolute Gasteiger partial charge is 0.399 e. The number of amides is 3. The van der Waals surface area contributed by atoms with Crippen molar-refractivity contribution in [2.24, 2.45) is 0 Å². The average molecular weight is 372 g/mol. The van der Waals surface area contributed by atoms with Gasteiger partial charge in [0.2, 0.25) is 0 Å². The summed E-state index contributed by atoms with van der Waals surface area (Å²) in [6.45, 7) is 6.80. The van der Waals surface area contributed by atoms with E-state index in [1.54, 1.807) is 9.80 Å². The molecule has 3 aliphatic heterocycles. The van der Waals surface area contributed by atoms with Gasteiger partial charge in [0.25, 0.3) is 5.91 Å². The number of fused-ring (bicyclic) bond motifs is 1. The minimum atomic E-state index is -0.162. The zero-order valence-electron chi connectivity index (χ0n) is 15.9. The molecule has 0 spiro atoms. The first-order valence-corrected chi connectivity index (χ1v) is 10.2. The number of hydrogen-bond donors (Lipinski definition) is 2. The molecule has 0 unspecified atom stereocenters. The lowest BCUT2D eigenvalue weighted by atomic mass is 10.2. The van der Waals surface area contributed by atoms with E-state index in [0.717, 1.165) is 70.6 Å². The molecule has 1 aromatic rings. The number of unbranched alkanes of at least 4 members (excludes halogenated alkanes) is 1. The number of quaternary nitrogens is 1. The van der Waals surface area contributed by atoms with Crippen LogP contribution in [0.5, 0.6) is 0 Å². The van der Waals surface area contributed by atoms with E-state index in [-0.39, 0.29) is 18.0 Å². The molecule has 3 fully saturated rings. The second-order valence-electron chi connectivity index (χ2n) is 7.91. The first kappa shape index (κ1) is 18.1. The van der Waals surface area contributed by atoms with E-state index in [2.05, 4.69) is 17.0 Å². The Hall–Kier alpha value is -2.28. The van der Waals surface area contributed by atoms with Crippen molar-refractivity contribution in [3.8, 4) is 0 Å². The maximum absolute atomic E-state index is 12.3. The first-order valence-electron chi connectivity index (χ1n) is 10.2. The molecule has 0 radical (unpaired) electrons. The van der Waals surface area contributed by atoms with Crippen molar-refractivity contribution >= 4 is 23.3 Å². The fraction of sp³-hybridized carbons (Fsp3) is 0.600. The van der Waals surface area contributed by atoms with Gasteiger partial charge in [0, 0.05) is 24.5 Å². The van der Waals surface area contributed by atoms with E-state index < -0.39 is 0 Å². The van der Waals surface area contributed by atoms with Gasteiger partial charge in [-0.25, -0.2) is 4.79 Å². The standard InChI is InChI=1S/C20H29N5O2/c21-16-5-7-17(8-6-16)23-14-12-22(13-15-23)9-1-2-10-25-19(26)18-4-3-11-24(18)20(25)27/h5-8,18H,1-4,9-15,21H2/p+1/t18-/m1/s1. The second kappa shape index (κ2) is 7.76. The SMILES string of the molecule is Nc1ccc(N2CC[NH+](CCCCN3C(=O)[C@H]4CCCN4C3=O)CC2)cc1. The number of nitrogens with two attached hydrogens (primary N) is 1. The molecule has 4 rings (SSSR count). The topological polar surface area (TPSA) is 74.3 Å². The minimum Gasteiger partial charge on any atom is -0.399 e. The molecule has 3 amide bonds. The van der Waals surface area contributed by atoms with Crippen molar-refractivity contribution in [2.45, 2.75) is 31.7 Å². The lowest BCUT2D eigenvalue weighted by Crippen LogP contribution is -3.14. The average Bonchev–Trinajstić information content (AvgIpc) is 3.25. The normalized spacial score (nSPS) is 23.4. The Morgan fingerprint density at radius 2 is 1.78 bits per heavy atom. The Kier molecular flexibility index (Phi) is 5.20. The highest BCUT2D eigenvalue weighted by molar-refractivity contribution is 6.04. The van der Waals surface area contributed by atoms with Crippen molar-refractivity contribution in [1.82, 2.24) is 9.80 Å². The van der Waals surface area contributed by atoms with Crippen LogP contribution in [0.1, 0.15) is 25.7 Å². The maximum Gasteiger partial charge on any atom is 0.327 e. The van der Waals surface area contributed by atoms with Crippen LogP contribution in [0.3, 0.4) is 0 Å². The van der Waals surface area contributed by atoms with E-state index in [0.29, 0.717) is 6.54 Å². The van der Waals surface area contributed by atoms with Gasteiger partial charge in [-0.2, -0.15) is 0 Å². The molecule has 1 aromatic carbocycles. The Balaban J connectivity index is 1.16. The third-order valence-electron chi connectivity index (χ3n) is 6.17. The van der Waals surface area contributed by atoms with E-state index in [4.69, 9.17) is 5.73 Å². The van der Waals surface area contributed by atoms with Crippen LogP contribution >= 0.6 is 0 Å². The molecule has 3 aliphatic rings. The molecule has 0 aromatic heterocycles. The molecule has 7 nitrogen and oxygen atoms in total. The number of imide groups is 1. The second-order valence-corrected chi connectivity index (χ2v) is 7.91. The summed E-state index contributed by atoms with van der Waals surface area (Å²) in [5.41, 5.74) is 7.81. The summed E-state index contributed by atoms with van der Waals surface area (Å²) in [6, 6.07) is 7.88. The molecular formula is C20H30N5O2+. The number of nitrogens with one attached hydrogen (secondary N) is 1. The number of carbonyl (C=O) groups is 2. The van der Waals surface area contributed by atoms with Crippen molar-refractivity contribution < 1.29 is 14.5 Å². The van der Waals surface area contributed by atoms with Crippen LogP contribution in [0.4, 0.5) is 16.2 Å². The molecule has 27 heavy (non-hydrogen) atoms. The molecule has 146 valence electrons. The Labute approximate surface area is 160 Å². The van der Waals surface area contributed by atoms with Crippen molar-refractivity contribution in [3.63, 3.8) is 0 Å². The number of urea groups is 1. The number of nitrogen functional groups attached to an aromatic ring is 1. The predicted octanol–water partition coefficient (Wildman–Crippen LogP) is 0.181. The monoisotopic (exact) mass is 372 g/mol. The van der Waals surface area contributed by atoms with Crippen molar-refractivity contribution in [1.29, 1.82) is 0 Å². The van der Waals surface area contributed by atoms with Crippen LogP contribution in [0.25, 0.3) is 0 Å². The number of carbonyl (C=O) groups excluding carboxylic acids is 2. The summed E-state index contributed by atoms with van der Waals surface area (Å²) >= 11 is 0. The van der Waals surface area contributed by atoms with Gasteiger partial charge >= 0.3 is 6.03 Å². The summed E-state index contributed by atoms with van der Waals surface area (Å²) in [6.07, 6.45) is 3.76. The summed E-state index contributed by atoms with van der Waals surface area (Å²) in [4.78, 5) is 31.9. The highest BCUT2D eigenvalue weighted by Crippen LogP contribution is 2.27. The smallest absolute Gasteiger partial charge is 0.327 e. The Morgan fingerprint density at radius 1 is 1.04 bits per heavy atom. The van der Waals surface area contributed by atoms with E-state index >= 15 is 0 Å². The maximum atomic E-state index is 12.3. The third-order valence-corrected chi connectivity index (χ3v) is 6.17. The number of nitrogens with zero attached hydrogens (tertiary/aromatic N) is 3. The van der Waals surface area contributed by atoms with Gasteiger partial charge in [0.05, 0.1) is 32.7 Å². The zero-order valence-corrected chi connectivity index (χ0v) is 15.9. The van der Waals surface area contributed by atoms with Gasteiger partial charge in [-0.05, 0) is 49.9 Å². The molecule has 3 saturated heterocycles. The van der Waals surface area contributed by atoms with Gasteiger partial charge in [-0.1, -0.05) is 0 Å². The lowest BCUT2D eigenvalue weighted by Gasteiger charge is -2.33. The summed E-state index contributed by atoms with van der Waals surface area (Å²) in [5.74, 6) is 0.0296. The molecule has 0 aliphatic carbocycles. The van der Waals surface area contributed by atoms with Gasteiger partial charge in [-0.15, -0.1) is 0 Å². The highest BCUT2D eigenvalue weighted by atomic mass is 16.2. The van der Waals surface area contributed by atoms with Crippen LogP contribution in [0.2, 0.25) is 0 Å². The summed E-state index contributed by atoms with van der Waals surface area (Å²) < 4.78 is 0. The molecule has 0 bridgehead atoms. The Morgan fingerprint density at radius 3 is 2.48 bits per heavy atom. The van der Waals surface area contributed by atoms with Crippen LogP contribution in [0, 0.1) is 0 Å². The molecule has 3 N–H and O–H groups in total. The van der Waals surface area contributed by atoms with Gasteiger partial charge < -0.3 is 20.4 Å². The Bertz CT molecular complexity index is 662. The predicted molar refractivity (Wildman–Crippen MR) is 105 cm³/mol. The quantitative estimate of drug-likeness (QED) is 0.424. The highest BCUT2D eigenvalue weighted by Gasteiger charge is 2.46. The fourth-order valence-electron chi connectivity index (χ4n) is 4.55. The van der Waals surface area contributed by atoms with Crippen LogP contribution in [-0.4, -0.2) is 73.6 Å².